The number of carbonyl (C=O) groups is 3. The first kappa shape index (κ1) is 26.6. The molecule has 0 aromatic heterocycles. The van der Waals surface area contributed by atoms with Crippen LogP contribution in [0.4, 0.5) is 0 Å². The fourth-order valence-corrected chi connectivity index (χ4v) is 2.63. The number of aliphatic carboxylic acids is 2. The van der Waals surface area contributed by atoms with Crippen molar-refractivity contribution in [1.82, 2.24) is 0 Å². The van der Waals surface area contributed by atoms with Crippen molar-refractivity contribution in [3.8, 4) is 0 Å². The predicted molar refractivity (Wildman–Crippen MR) is 110 cm³/mol. The Morgan fingerprint density at radius 2 is 1.59 bits per heavy atom. The number of likely N-dealkylation sites (N-methyl/N-ethyl adjacent to an activating group) is 1. The van der Waals surface area contributed by atoms with Gasteiger partial charge in [-0.05, 0) is 32.1 Å². The number of quaternary nitrogens is 1. The van der Waals surface area contributed by atoms with Crippen molar-refractivity contribution in [3.63, 3.8) is 0 Å². The lowest BCUT2D eigenvalue weighted by Crippen LogP contribution is -2.45. The van der Waals surface area contributed by atoms with Gasteiger partial charge in [0.2, 0.25) is 0 Å². The first-order valence-corrected chi connectivity index (χ1v) is 9.99. The third-order valence-corrected chi connectivity index (χ3v) is 3.83. The van der Waals surface area contributed by atoms with E-state index in [9.17, 15) is 19.5 Å². The number of hydrogen-bond acceptors (Lipinski definition) is 5. The van der Waals surface area contributed by atoms with Gasteiger partial charge >= 0.3 is 11.9 Å². The average Bonchev–Trinajstić information content (AvgIpc) is 2.56. The molecule has 0 aromatic carbocycles. The van der Waals surface area contributed by atoms with E-state index in [1.165, 1.54) is 0 Å². The Morgan fingerprint density at radius 1 is 0.966 bits per heavy atom. The van der Waals surface area contributed by atoms with Gasteiger partial charge in [0.1, 0.15) is 6.54 Å². The van der Waals surface area contributed by atoms with Gasteiger partial charge in [-0.25, -0.2) is 4.79 Å². The number of carboxylic acid groups (broad SMARTS) is 2. The van der Waals surface area contributed by atoms with Gasteiger partial charge < -0.3 is 24.2 Å². The molecule has 29 heavy (non-hydrogen) atoms. The summed E-state index contributed by atoms with van der Waals surface area (Å²) in [5, 5.41) is 19.3. The molecule has 0 saturated carbocycles. The van der Waals surface area contributed by atoms with Crippen LogP contribution >= 0.6 is 0 Å². The molecule has 1 N–H and O–H groups in total. The van der Waals surface area contributed by atoms with Gasteiger partial charge in [0.15, 0.2) is 6.10 Å². The molecule has 1 atom stereocenters. The molecule has 0 fully saturated rings. The van der Waals surface area contributed by atoms with Crippen LogP contribution in [0.3, 0.4) is 0 Å². The van der Waals surface area contributed by atoms with E-state index in [1.807, 2.05) is 33.3 Å². The van der Waals surface area contributed by atoms with Gasteiger partial charge in [-0.15, -0.1) is 0 Å². The summed E-state index contributed by atoms with van der Waals surface area (Å²) in [5.74, 6) is -2.51. The normalized spacial score (nSPS) is 13.3. The van der Waals surface area contributed by atoms with E-state index in [1.54, 1.807) is 6.08 Å². The third-order valence-electron chi connectivity index (χ3n) is 3.83. The lowest BCUT2D eigenvalue weighted by Gasteiger charge is -2.29. The van der Waals surface area contributed by atoms with E-state index in [4.69, 9.17) is 9.84 Å². The molecule has 0 aromatic rings. The maximum absolute atomic E-state index is 11.9. The van der Waals surface area contributed by atoms with Crippen LogP contribution < -0.4 is 5.11 Å². The minimum absolute atomic E-state index is 0.281. The van der Waals surface area contributed by atoms with Gasteiger partial charge in [0.05, 0.1) is 21.1 Å². The highest BCUT2D eigenvalue weighted by atomic mass is 16.5. The van der Waals surface area contributed by atoms with Crippen molar-refractivity contribution < 1.29 is 33.8 Å². The van der Waals surface area contributed by atoms with E-state index in [2.05, 4.69) is 12.2 Å². The largest absolute Gasteiger partial charge is 0.550 e. The highest BCUT2D eigenvalue weighted by Gasteiger charge is 2.22. The van der Waals surface area contributed by atoms with Gasteiger partial charge in [-0.3, -0.25) is 4.79 Å². The second-order valence-electron chi connectivity index (χ2n) is 7.92. The van der Waals surface area contributed by atoms with Crippen LogP contribution in [-0.4, -0.2) is 61.3 Å². The molecule has 164 valence electrons. The lowest BCUT2D eigenvalue weighted by molar-refractivity contribution is -0.873. The highest BCUT2D eigenvalue weighted by molar-refractivity contribution is 5.79. The molecule has 0 spiro atoms. The maximum atomic E-state index is 11.9. The van der Waals surface area contributed by atoms with Crippen LogP contribution in [0.2, 0.25) is 0 Å². The Bertz CT molecular complexity index is 587. The number of unbranched alkanes of at least 4 members (excludes halogenated alkanes) is 3. The molecule has 0 aliphatic carbocycles. The summed E-state index contributed by atoms with van der Waals surface area (Å²) in [6.45, 7) is 0.425. The summed E-state index contributed by atoms with van der Waals surface area (Å²) in [7, 11) is 5.74. The van der Waals surface area contributed by atoms with E-state index < -0.39 is 18.0 Å². The number of rotatable bonds is 16. The predicted octanol–water partition coefficient (Wildman–Crippen LogP) is 2.23. The Hall–Kier alpha value is -2.41. The summed E-state index contributed by atoms with van der Waals surface area (Å²) in [4.78, 5) is 33.1. The Kier molecular flexibility index (Phi) is 14.2. The van der Waals surface area contributed by atoms with Crippen molar-refractivity contribution in [2.24, 2.45) is 0 Å². The fraction of sp³-hybridized carbons (Fsp3) is 0.591. The van der Waals surface area contributed by atoms with Crippen molar-refractivity contribution in [2.45, 2.75) is 57.5 Å². The first-order chi connectivity index (χ1) is 13.6. The van der Waals surface area contributed by atoms with Crippen LogP contribution in [0, 0.1) is 0 Å². The maximum Gasteiger partial charge on any atom is 0.327 e. The molecular weight excluding hydrogens is 374 g/mol. The summed E-state index contributed by atoms with van der Waals surface area (Å²) in [6.07, 6.45) is 15.0. The van der Waals surface area contributed by atoms with Gasteiger partial charge in [-0.1, -0.05) is 36.8 Å². The summed E-state index contributed by atoms with van der Waals surface area (Å²) < 4.78 is 5.82. The number of carbonyl (C=O) groups excluding carboxylic acids is 2. The zero-order chi connectivity index (χ0) is 22.1. The van der Waals surface area contributed by atoms with Crippen molar-refractivity contribution in [3.05, 3.63) is 36.5 Å². The van der Waals surface area contributed by atoms with Gasteiger partial charge in [0, 0.05) is 24.9 Å². The van der Waals surface area contributed by atoms with Crippen molar-refractivity contribution >= 4 is 17.9 Å². The molecule has 1 unspecified atom stereocenters. The lowest BCUT2D eigenvalue weighted by atomic mass is 10.1. The number of allylic oxidation sites excluding steroid dienone is 5. The summed E-state index contributed by atoms with van der Waals surface area (Å²) >= 11 is 0. The molecule has 7 nitrogen and oxygen atoms in total. The van der Waals surface area contributed by atoms with E-state index in [0.717, 1.165) is 31.8 Å². The quantitative estimate of drug-likeness (QED) is 0.138. The number of carboxylic acids is 2. The van der Waals surface area contributed by atoms with Crippen molar-refractivity contribution in [2.75, 3.05) is 27.7 Å². The van der Waals surface area contributed by atoms with Crippen LogP contribution in [0.15, 0.2) is 36.5 Å². The number of ether oxygens (including phenoxy) is 1. The van der Waals surface area contributed by atoms with Crippen LogP contribution in [0.5, 0.6) is 0 Å². The topological polar surface area (TPSA) is 104 Å². The third kappa shape index (κ3) is 20.1. The zero-order valence-corrected chi connectivity index (χ0v) is 17.8. The average molecular weight is 410 g/mol. The fourth-order valence-electron chi connectivity index (χ4n) is 2.63. The Morgan fingerprint density at radius 3 is 2.17 bits per heavy atom. The van der Waals surface area contributed by atoms with Gasteiger partial charge in [-0.2, -0.15) is 0 Å². The molecule has 7 heteroatoms. The molecule has 0 radical (unpaired) electrons. The monoisotopic (exact) mass is 409 g/mol. The second kappa shape index (κ2) is 15.5. The number of esters is 1. The SMILES string of the molecule is C[N+](C)(C)CC(CC(=O)[O-])OC(=O)CCCCC/C=C/C/C=C/C/C=C/C(=O)O. The molecule has 0 saturated heterocycles. The van der Waals surface area contributed by atoms with E-state index in [0.29, 0.717) is 23.9 Å². The molecule has 0 heterocycles. The summed E-state index contributed by atoms with van der Waals surface area (Å²) in [6, 6.07) is 0. The minimum Gasteiger partial charge on any atom is -0.550 e. The molecule has 0 rings (SSSR count). The van der Waals surface area contributed by atoms with Gasteiger partial charge in [0.25, 0.3) is 0 Å². The number of hydrogen-bond donors (Lipinski definition) is 1. The van der Waals surface area contributed by atoms with Crippen molar-refractivity contribution in [1.29, 1.82) is 0 Å². The van der Waals surface area contributed by atoms with Crippen LogP contribution in [0.1, 0.15) is 51.4 Å². The zero-order valence-electron chi connectivity index (χ0n) is 17.8. The molecule has 0 amide bonds. The number of nitrogens with zero attached hydrogens (tertiary/aromatic N) is 1. The van der Waals surface area contributed by atoms with E-state index >= 15 is 0 Å². The molecular formula is C22H35NO6. The van der Waals surface area contributed by atoms with Crippen LogP contribution in [-0.2, 0) is 19.1 Å². The smallest absolute Gasteiger partial charge is 0.327 e. The second-order valence-corrected chi connectivity index (χ2v) is 7.92. The Balaban J connectivity index is 3.87. The molecule has 0 aliphatic heterocycles. The highest BCUT2D eigenvalue weighted by Crippen LogP contribution is 2.09. The Labute approximate surface area is 173 Å². The molecule has 0 aliphatic rings. The molecule has 0 bridgehead atoms. The van der Waals surface area contributed by atoms with Crippen LogP contribution in [0.25, 0.3) is 0 Å². The standard InChI is InChI=1S/C22H35NO6/c1-23(2,3)18-19(17-21(26)27)29-22(28)16-14-12-10-8-6-4-5-7-9-11-13-15-20(24)25/h4,6-7,9,13,15,19H,5,8,10-12,14,16-18H2,1-3H3,(H-,24,25,26,27)/b6-4+,9-7+,15-13+. The minimum atomic E-state index is -1.21. The first-order valence-electron chi connectivity index (χ1n) is 9.99. The summed E-state index contributed by atoms with van der Waals surface area (Å²) in [5.41, 5.74) is 0. The van der Waals surface area contributed by atoms with E-state index in [-0.39, 0.29) is 18.8 Å².